The number of allylic oxidation sites excluding steroid dienone is 1. The summed E-state index contributed by atoms with van der Waals surface area (Å²) in [6, 6.07) is 5.34. The Bertz CT molecular complexity index is 1150. The lowest BCUT2D eigenvalue weighted by Gasteiger charge is -2.06. The second-order valence-corrected chi connectivity index (χ2v) is 6.01. The average Bonchev–Trinajstić information content (AvgIpc) is 2.67. The van der Waals surface area contributed by atoms with Crippen molar-refractivity contribution >= 4 is 10.8 Å². The minimum Gasteiger partial charge on any atom is -0.207 e. The van der Waals surface area contributed by atoms with Gasteiger partial charge < -0.3 is 0 Å². The van der Waals surface area contributed by atoms with E-state index in [0.717, 1.165) is 12.1 Å². The van der Waals surface area contributed by atoms with Crippen LogP contribution in [0.25, 0.3) is 10.8 Å². The van der Waals surface area contributed by atoms with Crippen molar-refractivity contribution < 1.29 is 26.3 Å². The summed E-state index contributed by atoms with van der Waals surface area (Å²) >= 11 is 0. The average molecular weight is 390 g/mol. The monoisotopic (exact) mass is 390 g/mol. The molecule has 0 N–H and O–H groups in total. The van der Waals surface area contributed by atoms with Crippen LogP contribution in [0.2, 0.25) is 0 Å². The van der Waals surface area contributed by atoms with Crippen LogP contribution in [-0.4, -0.2) is 0 Å². The minimum atomic E-state index is -1.59. The molecular formula is C22H12F6. The maximum absolute atomic E-state index is 14.2. The van der Waals surface area contributed by atoms with Crippen molar-refractivity contribution in [1.82, 2.24) is 0 Å². The van der Waals surface area contributed by atoms with E-state index in [2.05, 4.69) is 18.4 Å². The normalized spacial score (nSPS) is 10.6. The van der Waals surface area contributed by atoms with Crippen LogP contribution in [0.5, 0.6) is 0 Å². The van der Waals surface area contributed by atoms with Gasteiger partial charge in [-0.2, -0.15) is 0 Å². The third-order valence-corrected chi connectivity index (χ3v) is 4.17. The van der Waals surface area contributed by atoms with Crippen LogP contribution in [0.1, 0.15) is 23.1 Å². The third kappa shape index (κ3) is 3.61. The molecule has 0 aliphatic carbocycles. The highest BCUT2D eigenvalue weighted by atomic mass is 19.2. The number of fused-ring (bicyclic) bond motifs is 1. The molecule has 0 spiro atoms. The van der Waals surface area contributed by atoms with Crippen molar-refractivity contribution in [1.29, 1.82) is 0 Å². The molecule has 3 aromatic rings. The molecule has 0 radical (unpaired) electrons. The summed E-state index contributed by atoms with van der Waals surface area (Å²) in [7, 11) is 0. The molecule has 0 saturated heterocycles. The molecule has 6 heteroatoms. The van der Waals surface area contributed by atoms with Gasteiger partial charge in [0.05, 0.1) is 5.56 Å². The minimum absolute atomic E-state index is 0.0375. The molecule has 0 aliphatic rings. The predicted molar refractivity (Wildman–Crippen MR) is 94.6 cm³/mol. The Hall–Kier alpha value is -3.20. The lowest BCUT2D eigenvalue weighted by Crippen LogP contribution is -2.02. The van der Waals surface area contributed by atoms with Crippen LogP contribution in [-0.2, 0) is 6.42 Å². The molecule has 0 bridgehead atoms. The fraction of sp³-hybridized carbons (Fsp3) is 0.0909. The van der Waals surface area contributed by atoms with E-state index in [1.54, 1.807) is 0 Å². The Kier molecular flexibility index (Phi) is 5.46. The van der Waals surface area contributed by atoms with Crippen molar-refractivity contribution in [2.45, 2.75) is 12.8 Å². The van der Waals surface area contributed by atoms with Crippen LogP contribution in [0, 0.1) is 46.7 Å². The van der Waals surface area contributed by atoms with Gasteiger partial charge in [0.25, 0.3) is 0 Å². The zero-order valence-corrected chi connectivity index (χ0v) is 14.4. The molecule has 0 saturated carbocycles. The highest BCUT2D eigenvalue weighted by molar-refractivity contribution is 5.84. The van der Waals surface area contributed by atoms with Crippen LogP contribution in [0.4, 0.5) is 26.3 Å². The van der Waals surface area contributed by atoms with Crippen LogP contribution in [0.3, 0.4) is 0 Å². The number of hydrogen-bond acceptors (Lipinski definition) is 0. The quantitative estimate of drug-likeness (QED) is 0.164. The van der Waals surface area contributed by atoms with Gasteiger partial charge in [-0.05, 0) is 42.5 Å². The topological polar surface area (TPSA) is 0 Å². The fourth-order valence-electron chi connectivity index (χ4n) is 2.72. The zero-order valence-electron chi connectivity index (χ0n) is 14.4. The smallest absolute Gasteiger partial charge is 0.195 e. The predicted octanol–water partition coefficient (Wildman–Crippen LogP) is 6.19. The van der Waals surface area contributed by atoms with Gasteiger partial charge in [0.15, 0.2) is 29.1 Å². The largest absolute Gasteiger partial charge is 0.207 e. The van der Waals surface area contributed by atoms with Crippen LogP contribution < -0.4 is 0 Å². The Labute approximate surface area is 157 Å². The van der Waals surface area contributed by atoms with E-state index in [-0.39, 0.29) is 34.7 Å². The van der Waals surface area contributed by atoms with Gasteiger partial charge in [-0.15, -0.1) is 6.58 Å². The number of halogens is 6. The van der Waals surface area contributed by atoms with Crippen LogP contribution in [0.15, 0.2) is 43.0 Å². The fourth-order valence-corrected chi connectivity index (χ4v) is 2.72. The van der Waals surface area contributed by atoms with Crippen molar-refractivity contribution in [3.05, 3.63) is 94.6 Å². The van der Waals surface area contributed by atoms with Gasteiger partial charge in [-0.3, -0.25) is 0 Å². The summed E-state index contributed by atoms with van der Waals surface area (Å²) in [5, 5.41) is -0.111. The summed E-state index contributed by atoms with van der Waals surface area (Å²) in [6.45, 7) is 3.45. The summed E-state index contributed by atoms with van der Waals surface area (Å²) in [4.78, 5) is 0. The first-order chi connectivity index (χ1) is 13.3. The second kappa shape index (κ2) is 7.81. The third-order valence-electron chi connectivity index (χ3n) is 4.17. The zero-order chi connectivity index (χ0) is 20.4. The van der Waals surface area contributed by atoms with Gasteiger partial charge >= 0.3 is 0 Å². The summed E-state index contributed by atoms with van der Waals surface area (Å²) in [5.74, 6) is -3.01. The standard InChI is InChI=1S/C22H12F6/c1-2-3-4-16-17(23)10-13(19(25)21(16)27)7-5-12-6-8-15-14(9-12)11-18(24)22(28)20(15)26/h2,6,8-11H,1,3-4H2. The SMILES string of the molecule is C=CCCc1c(F)cc(C#Cc2ccc3c(F)c(F)c(F)cc3c2)c(F)c1F. The molecule has 0 heterocycles. The van der Waals surface area contributed by atoms with Gasteiger partial charge in [-0.25, -0.2) is 26.3 Å². The van der Waals surface area contributed by atoms with Gasteiger partial charge in [0, 0.05) is 16.5 Å². The van der Waals surface area contributed by atoms with Crippen molar-refractivity contribution in [2.75, 3.05) is 0 Å². The molecule has 0 unspecified atom stereocenters. The van der Waals surface area contributed by atoms with E-state index >= 15 is 0 Å². The Morgan fingerprint density at radius 1 is 0.786 bits per heavy atom. The van der Waals surface area contributed by atoms with E-state index in [1.165, 1.54) is 24.3 Å². The van der Waals surface area contributed by atoms with Gasteiger partial charge in [0.1, 0.15) is 5.82 Å². The molecular weight excluding hydrogens is 378 g/mol. The van der Waals surface area contributed by atoms with Gasteiger partial charge in [0.2, 0.25) is 0 Å². The van der Waals surface area contributed by atoms with E-state index in [4.69, 9.17) is 0 Å². The Balaban J connectivity index is 2.02. The molecule has 28 heavy (non-hydrogen) atoms. The highest BCUT2D eigenvalue weighted by Gasteiger charge is 2.17. The highest BCUT2D eigenvalue weighted by Crippen LogP contribution is 2.24. The molecule has 0 fully saturated rings. The first-order valence-electron chi connectivity index (χ1n) is 8.20. The number of hydrogen-bond donors (Lipinski definition) is 0. The number of benzene rings is 3. The molecule has 3 aromatic carbocycles. The van der Waals surface area contributed by atoms with E-state index in [0.29, 0.717) is 0 Å². The van der Waals surface area contributed by atoms with Crippen molar-refractivity contribution in [3.8, 4) is 11.8 Å². The van der Waals surface area contributed by atoms with E-state index in [1.807, 2.05) is 0 Å². The summed E-state index contributed by atoms with van der Waals surface area (Å²) in [6.07, 6.45) is 1.70. The molecule has 142 valence electrons. The van der Waals surface area contributed by atoms with Crippen molar-refractivity contribution in [3.63, 3.8) is 0 Å². The summed E-state index contributed by atoms with van der Waals surface area (Å²) in [5.41, 5.74) is -0.676. The molecule has 3 rings (SSSR count). The van der Waals surface area contributed by atoms with Crippen molar-refractivity contribution in [2.24, 2.45) is 0 Å². The molecule has 0 aliphatic heterocycles. The lowest BCUT2D eigenvalue weighted by molar-refractivity contribution is 0.453. The first kappa shape index (κ1) is 19.6. The molecule has 0 atom stereocenters. The molecule has 0 aromatic heterocycles. The maximum Gasteiger partial charge on any atom is 0.195 e. The lowest BCUT2D eigenvalue weighted by atomic mass is 10.0. The molecule has 0 nitrogen and oxygen atoms in total. The molecule has 0 amide bonds. The van der Waals surface area contributed by atoms with E-state index in [9.17, 15) is 26.3 Å². The maximum atomic E-state index is 14.2. The Morgan fingerprint density at radius 3 is 2.25 bits per heavy atom. The van der Waals surface area contributed by atoms with Gasteiger partial charge in [-0.1, -0.05) is 24.0 Å². The van der Waals surface area contributed by atoms with E-state index < -0.39 is 40.5 Å². The Morgan fingerprint density at radius 2 is 1.54 bits per heavy atom. The number of rotatable bonds is 3. The second-order valence-electron chi connectivity index (χ2n) is 6.01. The van der Waals surface area contributed by atoms with Crippen LogP contribution >= 0.6 is 0 Å². The first-order valence-corrected chi connectivity index (χ1v) is 8.20. The summed E-state index contributed by atoms with van der Waals surface area (Å²) < 4.78 is 82.6.